The molecule has 0 aliphatic rings. The Hall–Kier alpha value is -2.67. The summed E-state index contributed by atoms with van der Waals surface area (Å²) in [7, 11) is 1.59. The van der Waals surface area contributed by atoms with Crippen molar-refractivity contribution in [3.63, 3.8) is 0 Å². The number of benzene rings is 1. The summed E-state index contributed by atoms with van der Waals surface area (Å²) < 4.78 is 5.37. The second-order valence-corrected chi connectivity index (χ2v) is 8.35. The lowest BCUT2D eigenvalue weighted by atomic mass is 10.0. The number of hydrogen-bond acceptors (Lipinski definition) is 6. The summed E-state index contributed by atoms with van der Waals surface area (Å²) in [6, 6.07) is 15.1. The van der Waals surface area contributed by atoms with E-state index in [1.807, 2.05) is 42.5 Å². The maximum Gasteiger partial charge on any atom is 0.221 e. The van der Waals surface area contributed by atoms with Gasteiger partial charge in [-0.2, -0.15) is 0 Å². The summed E-state index contributed by atoms with van der Waals surface area (Å²) in [6.45, 7) is 3.17. The van der Waals surface area contributed by atoms with Gasteiger partial charge in [-0.15, -0.1) is 11.3 Å². The van der Waals surface area contributed by atoms with Gasteiger partial charge in [-0.25, -0.2) is 4.98 Å². The van der Waals surface area contributed by atoms with Crippen LogP contribution in [0.25, 0.3) is 16.1 Å². The fraction of sp³-hybridized carbons (Fsp3) is 0.182. The van der Waals surface area contributed by atoms with Crippen molar-refractivity contribution in [2.75, 3.05) is 12.4 Å². The number of halogens is 1. The highest BCUT2D eigenvalue weighted by Crippen LogP contribution is 2.37. The monoisotopic (exact) mass is 427 g/mol. The number of anilines is 1. The number of aliphatic hydroxyl groups is 1. The van der Waals surface area contributed by atoms with E-state index < -0.39 is 5.60 Å². The van der Waals surface area contributed by atoms with Gasteiger partial charge in [0.25, 0.3) is 0 Å². The Balaban J connectivity index is 2.03. The lowest BCUT2D eigenvalue weighted by Crippen LogP contribution is -2.29. The van der Waals surface area contributed by atoms with E-state index in [1.54, 1.807) is 39.3 Å². The quantitative estimate of drug-likeness (QED) is 0.421. The molecule has 0 aliphatic heterocycles. The summed E-state index contributed by atoms with van der Waals surface area (Å²) in [5, 5.41) is 22.3. The highest BCUT2D eigenvalue weighted by molar-refractivity contribution is 7.16. The van der Waals surface area contributed by atoms with E-state index in [9.17, 15) is 5.11 Å². The molecule has 150 valence electrons. The zero-order chi connectivity index (χ0) is 21.0. The molecule has 1 aromatic carbocycles. The number of ether oxygens (including phenoxy) is 1. The van der Waals surface area contributed by atoms with Crippen LogP contribution in [0.4, 0.5) is 5.69 Å². The van der Waals surface area contributed by atoms with Crippen molar-refractivity contribution in [2.45, 2.75) is 19.4 Å². The van der Waals surface area contributed by atoms with Crippen molar-refractivity contribution in [2.24, 2.45) is 0 Å². The molecule has 3 aromatic rings. The third-order valence-corrected chi connectivity index (χ3v) is 5.67. The number of hydrogen-bond donors (Lipinski definition) is 3. The minimum absolute atomic E-state index is 0.0842. The number of rotatable bonds is 7. The van der Waals surface area contributed by atoms with Crippen molar-refractivity contribution in [1.29, 1.82) is 5.41 Å². The van der Waals surface area contributed by atoms with Gasteiger partial charge in [0.15, 0.2) is 0 Å². The molecule has 7 heteroatoms. The molecule has 3 N–H and O–H groups in total. The Morgan fingerprint density at radius 2 is 1.97 bits per heavy atom. The molecule has 0 saturated heterocycles. The van der Waals surface area contributed by atoms with Crippen LogP contribution in [0.5, 0.6) is 5.88 Å². The molecule has 0 aliphatic carbocycles. The SMILES string of the molecule is COc1ncccc1-c1ccc(/C(=C/C(=N)C(C)(C)O)Nc2ccccc2Cl)s1. The Labute approximate surface area is 179 Å². The summed E-state index contributed by atoms with van der Waals surface area (Å²) in [5.74, 6) is 0.551. The molecular formula is C22H22ClN3O2S. The topological polar surface area (TPSA) is 78.2 Å². The normalized spacial score (nSPS) is 12.0. The van der Waals surface area contributed by atoms with Crippen LogP contribution in [-0.2, 0) is 0 Å². The number of pyridine rings is 1. The predicted octanol–water partition coefficient (Wildman–Crippen LogP) is 5.72. The Bertz CT molecular complexity index is 1050. The van der Waals surface area contributed by atoms with Crippen LogP contribution in [0.3, 0.4) is 0 Å². The van der Waals surface area contributed by atoms with Crippen LogP contribution in [0.2, 0.25) is 5.02 Å². The Morgan fingerprint density at radius 3 is 2.66 bits per heavy atom. The number of methoxy groups -OCH3 is 1. The first-order valence-corrected chi connectivity index (χ1v) is 10.1. The number of para-hydroxylation sites is 1. The van der Waals surface area contributed by atoms with E-state index in [0.717, 1.165) is 21.0 Å². The number of thiophene rings is 1. The molecule has 0 bridgehead atoms. The molecule has 0 unspecified atom stereocenters. The summed E-state index contributed by atoms with van der Waals surface area (Å²) in [4.78, 5) is 6.12. The molecule has 2 heterocycles. The van der Waals surface area contributed by atoms with Gasteiger partial charge in [0.2, 0.25) is 5.88 Å². The zero-order valence-corrected chi connectivity index (χ0v) is 17.9. The Morgan fingerprint density at radius 1 is 1.21 bits per heavy atom. The third kappa shape index (κ3) is 5.03. The highest BCUT2D eigenvalue weighted by Gasteiger charge is 2.20. The second kappa shape index (κ2) is 8.78. The van der Waals surface area contributed by atoms with E-state index in [0.29, 0.717) is 16.6 Å². The van der Waals surface area contributed by atoms with Gasteiger partial charge in [-0.1, -0.05) is 23.7 Å². The van der Waals surface area contributed by atoms with Crippen LogP contribution in [-0.4, -0.2) is 28.5 Å². The average molecular weight is 428 g/mol. The first-order valence-electron chi connectivity index (χ1n) is 8.94. The van der Waals surface area contributed by atoms with Gasteiger partial charge in [0.1, 0.15) is 5.60 Å². The Kier molecular flexibility index (Phi) is 6.37. The number of nitrogens with one attached hydrogen (secondary N) is 2. The number of aromatic nitrogens is 1. The molecule has 2 aromatic heterocycles. The average Bonchev–Trinajstić information content (AvgIpc) is 3.18. The van der Waals surface area contributed by atoms with Crippen LogP contribution in [0.1, 0.15) is 18.7 Å². The molecule has 0 atom stereocenters. The van der Waals surface area contributed by atoms with E-state index in [1.165, 1.54) is 11.3 Å². The van der Waals surface area contributed by atoms with Crippen LogP contribution in [0, 0.1) is 5.41 Å². The molecule has 0 saturated carbocycles. The molecule has 0 radical (unpaired) electrons. The molecule has 0 amide bonds. The smallest absolute Gasteiger partial charge is 0.221 e. The van der Waals surface area contributed by atoms with Crippen LogP contribution in [0.15, 0.2) is 60.8 Å². The molecule has 0 spiro atoms. The summed E-state index contributed by atoms with van der Waals surface area (Å²) in [6.07, 6.45) is 3.31. The van der Waals surface area contributed by atoms with E-state index >= 15 is 0 Å². The molecule has 29 heavy (non-hydrogen) atoms. The van der Waals surface area contributed by atoms with E-state index in [4.69, 9.17) is 21.7 Å². The zero-order valence-electron chi connectivity index (χ0n) is 16.4. The maximum absolute atomic E-state index is 10.2. The van der Waals surface area contributed by atoms with Gasteiger partial charge in [-0.05, 0) is 56.3 Å². The lowest BCUT2D eigenvalue weighted by Gasteiger charge is -2.18. The highest BCUT2D eigenvalue weighted by atomic mass is 35.5. The van der Waals surface area contributed by atoms with Gasteiger partial charge < -0.3 is 20.6 Å². The first-order chi connectivity index (χ1) is 13.8. The third-order valence-electron chi connectivity index (χ3n) is 4.19. The molecule has 5 nitrogen and oxygen atoms in total. The molecule has 3 rings (SSSR count). The fourth-order valence-electron chi connectivity index (χ4n) is 2.57. The van der Waals surface area contributed by atoms with Crippen LogP contribution < -0.4 is 10.1 Å². The predicted molar refractivity (Wildman–Crippen MR) is 121 cm³/mol. The fourth-order valence-corrected chi connectivity index (χ4v) is 3.74. The first kappa shape index (κ1) is 21.0. The van der Waals surface area contributed by atoms with Gasteiger partial charge >= 0.3 is 0 Å². The maximum atomic E-state index is 10.2. The van der Waals surface area contributed by atoms with E-state index in [-0.39, 0.29) is 5.71 Å². The van der Waals surface area contributed by atoms with Crippen molar-refractivity contribution >= 4 is 40.0 Å². The second-order valence-electron chi connectivity index (χ2n) is 6.86. The number of nitrogens with zero attached hydrogens (tertiary/aromatic N) is 1. The molecule has 0 fully saturated rings. The van der Waals surface area contributed by atoms with Crippen molar-refractivity contribution in [3.8, 4) is 16.3 Å². The lowest BCUT2D eigenvalue weighted by molar-refractivity contribution is 0.154. The van der Waals surface area contributed by atoms with Gasteiger partial charge in [-0.3, -0.25) is 0 Å². The standard InChI is InChI=1S/C22H22ClN3O2S/c1-22(2,27)20(24)13-17(26-16-9-5-4-8-15(16)23)19-11-10-18(29-19)14-7-6-12-25-21(14)28-3/h4-13,24,26-27H,1-3H3/b17-13-,24-20?. The summed E-state index contributed by atoms with van der Waals surface area (Å²) in [5.41, 5.74) is 1.10. The van der Waals surface area contributed by atoms with Gasteiger partial charge in [0, 0.05) is 11.1 Å². The molecular weight excluding hydrogens is 406 g/mol. The minimum Gasteiger partial charge on any atom is -0.481 e. The van der Waals surface area contributed by atoms with E-state index in [2.05, 4.69) is 10.3 Å². The van der Waals surface area contributed by atoms with Crippen LogP contribution >= 0.6 is 22.9 Å². The van der Waals surface area contributed by atoms with Crippen molar-refractivity contribution in [3.05, 3.63) is 70.7 Å². The van der Waals surface area contributed by atoms with Crippen molar-refractivity contribution in [1.82, 2.24) is 4.98 Å². The van der Waals surface area contributed by atoms with Crippen molar-refractivity contribution < 1.29 is 9.84 Å². The van der Waals surface area contributed by atoms with Gasteiger partial charge in [0.05, 0.1) is 39.7 Å². The minimum atomic E-state index is -1.26. The largest absolute Gasteiger partial charge is 0.481 e. The summed E-state index contributed by atoms with van der Waals surface area (Å²) >= 11 is 7.84.